The first-order chi connectivity index (χ1) is 11.2. The van der Waals surface area contributed by atoms with Crippen molar-refractivity contribution in [1.82, 2.24) is 0 Å². The van der Waals surface area contributed by atoms with Gasteiger partial charge in [-0.3, -0.25) is 4.99 Å². The fourth-order valence-corrected chi connectivity index (χ4v) is 2.29. The average Bonchev–Trinajstić information content (AvgIpc) is 2.58. The summed E-state index contributed by atoms with van der Waals surface area (Å²) in [5, 5.41) is 3.45. The van der Waals surface area contributed by atoms with Gasteiger partial charge in [-0.2, -0.15) is 0 Å². The lowest BCUT2D eigenvalue weighted by Crippen LogP contribution is -1.95. The fourth-order valence-electron chi connectivity index (χ4n) is 2.29. The molecule has 114 valence electrons. The number of hydrogen-bond donors (Lipinski definition) is 1. The molecule has 0 fully saturated rings. The second kappa shape index (κ2) is 6.93. The summed E-state index contributed by atoms with van der Waals surface area (Å²) in [4.78, 5) is 4.57. The normalized spacial score (nSPS) is 10.9. The Morgan fingerprint density at radius 1 is 0.739 bits per heavy atom. The fraction of sp³-hybridized carbons (Fsp3) is 0.0952. The van der Waals surface area contributed by atoms with Crippen molar-refractivity contribution >= 4 is 23.3 Å². The second-order valence-electron chi connectivity index (χ2n) is 5.67. The number of nitrogens with zero attached hydrogens (tertiary/aromatic N) is 1. The molecule has 0 aromatic heterocycles. The van der Waals surface area contributed by atoms with Crippen molar-refractivity contribution < 1.29 is 0 Å². The molecule has 3 aromatic rings. The molecule has 0 atom stereocenters. The molecule has 0 unspecified atom stereocenters. The van der Waals surface area contributed by atoms with Crippen LogP contribution in [0.2, 0.25) is 0 Å². The number of hydrogen-bond acceptors (Lipinski definition) is 2. The van der Waals surface area contributed by atoms with E-state index in [1.807, 2.05) is 30.5 Å². The largest absolute Gasteiger partial charge is 0.355 e. The summed E-state index contributed by atoms with van der Waals surface area (Å²) in [6.07, 6.45) is 1.90. The Morgan fingerprint density at radius 3 is 2.04 bits per heavy atom. The van der Waals surface area contributed by atoms with Gasteiger partial charge in [0.05, 0.1) is 5.69 Å². The first kappa shape index (κ1) is 15.0. The molecule has 0 saturated heterocycles. The third-order valence-corrected chi connectivity index (χ3v) is 3.68. The van der Waals surface area contributed by atoms with Crippen LogP contribution in [-0.2, 0) is 0 Å². The molecular weight excluding hydrogens is 280 g/mol. The van der Waals surface area contributed by atoms with Crippen molar-refractivity contribution in [2.45, 2.75) is 13.8 Å². The highest BCUT2D eigenvalue weighted by atomic mass is 14.9. The summed E-state index contributed by atoms with van der Waals surface area (Å²) in [6, 6.07) is 24.8. The van der Waals surface area contributed by atoms with Gasteiger partial charge in [0.25, 0.3) is 0 Å². The SMILES string of the molecule is Cc1ccc(N=Cc2ccccc2Nc2ccc(C)cc2)cc1. The van der Waals surface area contributed by atoms with Crippen LogP contribution in [0.3, 0.4) is 0 Å². The molecule has 0 aliphatic rings. The minimum absolute atomic E-state index is 0.959. The van der Waals surface area contributed by atoms with Crippen molar-refractivity contribution in [2.75, 3.05) is 5.32 Å². The van der Waals surface area contributed by atoms with Gasteiger partial charge < -0.3 is 5.32 Å². The van der Waals surface area contributed by atoms with Crippen molar-refractivity contribution in [3.63, 3.8) is 0 Å². The van der Waals surface area contributed by atoms with Gasteiger partial charge >= 0.3 is 0 Å². The Labute approximate surface area is 137 Å². The van der Waals surface area contributed by atoms with E-state index in [0.29, 0.717) is 0 Å². The zero-order chi connectivity index (χ0) is 16.1. The minimum atomic E-state index is 0.959. The summed E-state index contributed by atoms with van der Waals surface area (Å²) in [7, 11) is 0. The van der Waals surface area contributed by atoms with Gasteiger partial charge in [-0.1, -0.05) is 53.6 Å². The summed E-state index contributed by atoms with van der Waals surface area (Å²) in [5.74, 6) is 0. The van der Waals surface area contributed by atoms with E-state index < -0.39 is 0 Å². The van der Waals surface area contributed by atoms with Crippen LogP contribution in [0.25, 0.3) is 0 Å². The molecule has 2 nitrogen and oxygen atoms in total. The standard InChI is InChI=1S/C21H20N2/c1-16-7-11-19(12-8-16)22-15-18-5-3-4-6-21(18)23-20-13-9-17(2)10-14-20/h3-15,23H,1-2H3. The van der Waals surface area contributed by atoms with Crippen LogP contribution in [0.1, 0.15) is 16.7 Å². The average molecular weight is 300 g/mol. The van der Waals surface area contributed by atoms with E-state index in [2.05, 4.69) is 72.7 Å². The molecule has 0 aliphatic heterocycles. The quantitative estimate of drug-likeness (QED) is 0.605. The summed E-state index contributed by atoms with van der Waals surface area (Å²) < 4.78 is 0. The van der Waals surface area contributed by atoms with Crippen LogP contribution >= 0.6 is 0 Å². The van der Waals surface area contributed by atoms with Crippen LogP contribution in [0.4, 0.5) is 17.1 Å². The van der Waals surface area contributed by atoms with Gasteiger partial charge in [0.2, 0.25) is 0 Å². The van der Waals surface area contributed by atoms with E-state index in [9.17, 15) is 0 Å². The number of para-hydroxylation sites is 1. The van der Waals surface area contributed by atoms with E-state index >= 15 is 0 Å². The van der Waals surface area contributed by atoms with Gasteiger partial charge in [0.15, 0.2) is 0 Å². The first-order valence-corrected chi connectivity index (χ1v) is 7.74. The molecule has 3 aromatic carbocycles. The number of nitrogens with one attached hydrogen (secondary N) is 1. The summed E-state index contributed by atoms with van der Waals surface area (Å²) >= 11 is 0. The lowest BCUT2D eigenvalue weighted by atomic mass is 10.1. The number of anilines is 2. The van der Waals surface area contributed by atoms with Crippen LogP contribution in [0.15, 0.2) is 77.8 Å². The van der Waals surface area contributed by atoms with Crippen molar-refractivity contribution in [1.29, 1.82) is 0 Å². The van der Waals surface area contributed by atoms with Crippen LogP contribution in [-0.4, -0.2) is 6.21 Å². The third-order valence-electron chi connectivity index (χ3n) is 3.68. The Kier molecular flexibility index (Phi) is 4.53. The lowest BCUT2D eigenvalue weighted by molar-refractivity contribution is 1.43. The Morgan fingerprint density at radius 2 is 1.35 bits per heavy atom. The predicted octanol–water partition coefficient (Wildman–Crippen LogP) is 5.80. The zero-order valence-corrected chi connectivity index (χ0v) is 13.5. The lowest BCUT2D eigenvalue weighted by Gasteiger charge is -2.09. The van der Waals surface area contributed by atoms with Gasteiger partial charge in [0, 0.05) is 23.2 Å². The molecule has 0 heterocycles. The van der Waals surface area contributed by atoms with E-state index in [0.717, 1.165) is 22.6 Å². The molecule has 1 N–H and O–H groups in total. The minimum Gasteiger partial charge on any atom is -0.355 e. The Hall–Kier alpha value is -2.87. The Balaban J connectivity index is 1.82. The highest BCUT2D eigenvalue weighted by molar-refractivity contribution is 5.90. The summed E-state index contributed by atoms with van der Waals surface area (Å²) in [5.41, 5.74) is 6.64. The maximum atomic E-state index is 4.57. The third kappa shape index (κ3) is 4.07. The predicted molar refractivity (Wildman–Crippen MR) is 99.3 cm³/mol. The number of rotatable bonds is 4. The number of aryl methyl sites for hydroxylation is 2. The van der Waals surface area contributed by atoms with Crippen molar-refractivity contribution in [3.05, 3.63) is 89.5 Å². The highest BCUT2D eigenvalue weighted by Crippen LogP contribution is 2.21. The molecule has 2 heteroatoms. The summed E-state index contributed by atoms with van der Waals surface area (Å²) in [6.45, 7) is 4.17. The van der Waals surface area contributed by atoms with Gasteiger partial charge in [-0.05, 0) is 44.2 Å². The Bertz CT molecular complexity index is 800. The molecule has 0 aliphatic carbocycles. The second-order valence-corrected chi connectivity index (χ2v) is 5.67. The molecular formula is C21H20N2. The molecule has 0 bridgehead atoms. The smallest absolute Gasteiger partial charge is 0.0630 e. The molecule has 3 rings (SSSR count). The van der Waals surface area contributed by atoms with Crippen LogP contribution < -0.4 is 5.32 Å². The zero-order valence-electron chi connectivity index (χ0n) is 13.5. The monoisotopic (exact) mass is 300 g/mol. The van der Waals surface area contributed by atoms with Crippen molar-refractivity contribution in [3.8, 4) is 0 Å². The van der Waals surface area contributed by atoms with Gasteiger partial charge in [-0.25, -0.2) is 0 Å². The molecule has 0 radical (unpaired) electrons. The maximum Gasteiger partial charge on any atom is 0.0630 e. The molecule has 0 amide bonds. The molecule has 23 heavy (non-hydrogen) atoms. The van der Waals surface area contributed by atoms with Gasteiger partial charge in [0.1, 0.15) is 0 Å². The van der Waals surface area contributed by atoms with Crippen LogP contribution in [0, 0.1) is 13.8 Å². The van der Waals surface area contributed by atoms with E-state index in [1.165, 1.54) is 11.1 Å². The maximum absolute atomic E-state index is 4.57. The number of aliphatic imine (C=N–C) groups is 1. The van der Waals surface area contributed by atoms with Gasteiger partial charge in [-0.15, -0.1) is 0 Å². The highest BCUT2D eigenvalue weighted by Gasteiger charge is 2.00. The van der Waals surface area contributed by atoms with E-state index in [1.54, 1.807) is 0 Å². The molecule has 0 spiro atoms. The first-order valence-electron chi connectivity index (χ1n) is 7.74. The number of benzene rings is 3. The van der Waals surface area contributed by atoms with E-state index in [-0.39, 0.29) is 0 Å². The van der Waals surface area contributed by atoms with Crippen LogP contribution in [0.5, 0.6) is 0 Å². The van der Waals surface area contributed by atoms with E-state index in [4.69, 9.17) is 0 Å². The molecule has 0 saturated carbocycles. The van der Waals surface area contributed by atoms with Crippen molar-refractivity contribution in [2.24, 2.45) is 4.99 Å². The topological polar surface area (TPSA) is 24.4 Å².